The Kier molecular flexibility index (Phi) is 5.87. The molecule has 178 valence electrons. The van der Waals surface area contributed by atoms with Gasteiger partial charge in [0.25, 0.3) is 0 Å². The fourth-order valence-corrected chi connectivity index (χ4v) is 4.94. The number of carbonyl (C=O) groups is 1. The van der Waals surface area contributed by atoms with Gasteiger partial charge in [-0.05, 0) is 61.8 Å². The number of aromatic nitrogens is 4. The number of ether oxygens (including phenoxy) is 1. The molecule has 0 spiro atoms. The Morgan fingerprint density at radius 3 is 2.88 bits per heavy atom. The van der Waals surface area contributed by atoms with Gasteiger partial charge in [-0.3, -0.25) is 4.79 Å². The van der Waals surface area contributed by atoms with E-state index in [0.717, 1.165) is 33.5 Å². The molecule has 34 heavy (non-hydrogen) atoms. The molecule has 1 unspecified atom stereocenters. The molecule has 8 heteroatoms. The summed E-state index contributed by atoms with van der Waals surface area (Å²) in [5.41, 5.74) is 7.62. The first-order valence-corrected chi connectivity index (χ1v) is 11.8. The van der Waals surface area contributed by atoms with E-state index in [1.54, 1.807) is 6.33 Å². The number of amides is 1. The van der Waals surface area contributed by atoms with Gasteiger partial charge in [0.15, 0.2) is 5.65 Å². The van der Waals surface area contributed by atoms with Gasteiger partial charge in [0.05, 0.1) is 25.4 Å². The van der Waals surface area contributed by atoms with Gasteiger partial charge in [-0.2, -0.15) is 5.10 Å². The van der Waals surface area contributed by atoms with E-state index in [2.05, 4.69) is 60.1 Å². The number of nitrogens with zero attached hydrogens (tertiary/aromatic N) is 5. The number of likely N-dealkylation sites (N-methyl/N-ethyl adjacent to an activating group) is 1. The molecule has 1 fully saturated rings. The van der Waals surface area contributed by atoms with Crippen molar-refractivity contribution in [3.63, 3.8) is 0 Å². The molecule has 5 rings (SSSR count). The van der Waals surface area contributed by atoms with Gasteiger partial charge in [-0.1, -0.05) is 19.9 Å². The lowest BCUT2D eigenvalue weighted by Gasteiger charge is -2.34. The Labute approximate surface area is 199 Å². The van der Waals surface area contributed by atoms with Gasteiger partial charge in [-0.15, -0.1) is 0 Å². The summed E-state index contributed by atoms with van der Waals surface area (Å²) in [6, 6.07) is 8.64. The highest BCUT2D eigenvalue weighted by Gasteiger charge is 2.26. The summed E-state index contributed by atoms with van der Waals surface area (Å²) >= 11 is 0. The van der Waals surface area contributed by atoms with Crippen LogP contribution in [0.15, 0.2) is 36.8 Å². The van der Waals surface area contributed by atoms with Gasteiger partial charge in [-0.25, -0.2) is 9.50 Å². The summed E-state index contributed by atoms with van der Waals surface area (Å²) in [4.78, 5) is 24.4. The van der Waals surface area contributed by atoms with Crippen molar-refractivity contribution >= 4 is 22.5 Å². The summed E-state index contributed by atoms with van der Waals surface area (Å²) in [5.74, 6) is 0.459. The van der Waals surface area contributed by atoms with Crippen LogP contribution in [0.1, 0.15) is 42.6 Å². The molecule has 1 saturated heterocycles. The van der Waals surface area contributed by atoms with E-state index in [4.69, 9.17) is 4.74 Å². The first-order valence-electron chi connectivity index (χ1n) is 11.8. The number of pyridine rings is 1. The maximum Gasteiger partial charge on any atom is 0.236 e. The number of aromatic amines is 1. The van der Waals surface area contributed by atoms with Crippen LogP contribution in [0.5, 0.6) is 0 Å². The second-order valence-electron chi connectivity index (χ2n) is 9.75. The summed E-state index contributed by atoms with van der Waals surface area (Å²) in [6.07, 6.45) is 3.49. The van der Waals surface area contributed by atoms with Crippen molar-refractivity contribution in [1.29, 1.82) is 0 Å². The van der Waals surface area contributed by atoms with Crippen LogP contribution >= 0.6 is 0 Å². The SMILES string of the molecule is Cc1cc(-c2[nH]c3ccc(C4CN(C(=O)CN(C)C)CCO4)cc3c2C(C)C)cn2ncnc12. The summed E-state index contributed by atoms with van der Waals surface area (Å²) in [6.45, 7) is 8.69. The third-order valence-corrected chi connectivity index (χ3v) is 6.53. The van der Waals surface area contributed by atoms with Crippen molar-refractivity contribution in [3.05, 3.63) is 53.5 Å². The molecule has 0 bridgehead atoms. The lowest BCUT2D eigenvalue weighted by molar-refractivity contribution is -0.139. The number of fused-ring (bicyclic) bond motifs is 2. The van der Waals surface area contributed by atoms with Gasteiger partial charge in [0.2, 0.25) is 5.91 Å². The smallest absolute Gasteiger partial charge is 0.236 e. The van der Waals surface area contributed by atoms with E-state index in [0.29, 0.717) is 32.2 Å². The number of hydrogen-bond donors (Lipinski definition) is 1. The maximum absolute atomic E-state index is 12.6. The molecule has 4 heterocycles. The van der Waals surface area contributed by atoms with Crippen LogP contribution in [-0.2, 0) is 9.53 Å². The molecule has 4 aromatic rings. The molecule has 1 aliphatic rings. The van der Waals surface area contributed by atoms with E-state index in [9.17, 15) is 4.79 Å². The summed E-state index contributed by atoms with van der Waals surface area (Å²) < 4.78 is 7.94. The van der Waals surface area contributed by atoms with Crippen molar-refractivity contribution in [3.8, 4) is 11.3 Å². The highest BCUT2D eigenvalue weighted by atomic mass is 16.5. The molecule has 1 aromatic carbocycles. The van der Waals surface area contributed by atoms with Crippen LogP contribution in [0.3, 0.4) is 0 Å². The standard InChI is InChI=1S/C26H32N6O2/c1-16(2)24-20-11-18(22-13-31(8-9-34-22)23(33)14-30(4)5)6-7-21(20)29-25(24)19-10-17(3)26-27-15-28-32(26)12-19/h6-7,10-12,15-16,22,29H,8-9,13-14H2,1-5H3. The van der Waals surface area contributed by atoms with Gasteiger partial charge in [0.1, 0.15) is 12.4 Å². The zero-order chi connectivity index (χ0) is 24.0. The minimum absolute atomic E-state index is 0.128. The maximum atomic E-state index is 12.6. The largest absolute Gasteiger partial charge is 0.370 e. The van der Waals surface area contributed by atoms with Crippen molar-refractivity contribution < 1.29 is 9.53 Å². The third kappa shape index (κ3) is 4.08. The predicted octanol–water partition coefficient (Wildman–Crippen LogP) is 3.77. The van der Waals surface area contributed by atoms with Gasteiger partial charge >= 0.3 is 0 Å². The van der Waals surface area contributed by atoms with Crippen LogP contribution in [0.4, 0.5) is 0 Å². The average molecular weight is 461 g/mol. The Bertz CT molecular complexity index is 1350. The van der Waals surface area contributed by atoms with Crippen LogP contribution in [0.25, 0.3) is 27.8 Å². The molecule has 0 radical (unpaired) electrons. The van der Waals surface area contributed by atoms with Gasteiger partial charge in [0, 0.05) is 29.2 Å². The van der Waals surface area contributed by atoms with Crippen molar-refractivity contribution in [2.75, 3.05) is 40.3 Å². The molecular weight excluding hydrogens is 428 g/mol. The average Bonchev–Trinajstić information content (AvgIpc) is 3.43. The van der Waals surface area contributed by atoms with E-state index >= 15 is 0 Å². The minimum Gasteiger partial charge on any atom is -0.370 e. The monoisotopic (exact) mass is 460 g/mol. The number of carbonyl (C=O) groups excluding carboxylic acids is 1. The predicted molar refractivity (Wildman–Crippen MR) is 133 cm³/mol. The molecule has 0 saturated carbocycles. The molecule has 3 aromatic heterocycles. The zero-order valence-corrected chi connectivity index (χ0v) is 20.5. The van der Waals surface area contributed by atoms with Crippen LogP contribution in [-0.4, -0.2) is 75.6 Å². The van der Waals surface area contributed by atoms with Crippen LogP contribution in [0.2, 0.25) is 0 Å². The number of rotatable bonds is 5. The second-order valence-corrected chi connectivity index (χ2v) is 9.75. The number of benzene rings is 1. The lowest BCUT2D eigenvalue weighted by atomic mass is 9.94. The molecule has 1 atom stereocenters. The van der Waals surface area contributed by atoms with Crippen molar-refractivity contribution in [1.82, 2.24) is 29.4 Å². The van der Waals surface area contributed by atoms with Crippen molar-refractivity contribution in [2.24, 2.45) is 0 Å². The number of aryl methyl sites for hydroxylation is 1. The molecule has 1 aliphatic heterocycles. The van der Waals surface area contributed by atoms with E-state index in [-0.39, 0.29) is 12.0 Å². The quantitative estimate of drug-likeness (QED) is 0.491. The Morgan fingerprint density at radius 2 is 2.12 bits per heavy atom. The van der Waals surface area contributed by atoms with Crippen LogP contribution < -0.4 is 0 Å². The van der Waals surface area contributed by atoms with Crippen LogP contribution in [0, 0.1) is 6.92 Å². The number of morpholine rings is 1. The van der Waals surface area contributed by atoms with E-state index < -0.39 is 0 Å². The lowest BCUT2D eigenvalue weighted by Crippen LogP contribution is -2.45. The Balaban J connectivity index is 1.53. The Hall–Kier alpha value is -3.23. The Morgan fingerprint density at radius 1 is 1.29 bits per heavy atom. The topological polar surface area (TPSA) is 78.8 Å². The minimum atomic E-state index is -0.128. The highest BCUT2D eigenvalue weighted by Crippen LogP contribution is 2.37. The number of hydrogen-bond acceptors (Lipinski definition) is 5. The fourth-order valence-electron chi connectivity index (χ4n) is 4.94. The normalized spacial score (nSPS) is 16.9. The molecule has 1 amide bonds. The highest BCUT2D eigenvalue weighted by molar-refractivity contribution is 5.92. The number of nitrogens with one attached hydrogen (secondary N) is 1. The molecule has 8 nitrogen and oxygen atoms in total. The van der Waals surface area contributed by atoms with Gasteiger partial charge < -0.3 is 19.5 Å². The second kappa shape index (κ2) is 8.85. The van der Waals surface area contributed by atoms with E-state index in [1.165, 1.54) is 10.9 Å². The molecule has 1 N–H and O–H groups in total. The first kappa shape index (κ1) is 22.6. The number of H-pyrrole nitrogens is 1. The molecule has 0 aliphatic carbocycles. The zero-order valence-electron chi connectivity index (χ0n) is 20.5. The first-order chi connectivity index (χ1) is 16.3. The third-order valence-electron chi connectivity index (χ3n) is 6.53. The van der Waals surface area contributed by atoms with Crippen molar-refractivity contribution in [2.45, 2.75) is 32.8 Å². The summed E-state index contributed by atoms with van der Waals surface area (Å²) in [7, 11) is 3.84. The molecular formula is C26H32N6O2. The summed E-state index contributed by atoms with van der Waals surface area (Å²) in [5, 5.41) is 5.54. The van der Waals surface area contributed by atoms with E-state index in [1.807, 2.05) is 34.6 Å². The fraction of sp³-hybridized carbons (Fsp3) is 0.423.